The van der Waals surface area contributed by atoms with E-state index in [1.807, 2.05) is 32.0 Å². The molecule has 140 valence electrons. The molecule has 1 aliphatic rings. The number of aromatic amines is 1. The molecule has 4 heterocycles. The molecule has 1 aliphatic heterocycles. The van der Waals surface area contributed by atoms with Crippen LogP contribution in [0.5, 0.6) is 0 Å². The van der Waals surface area contributed by atoms with Gasteiger partial charge >= 0.3 is 0 Å². The number of aromatic nitrogens is 5. The molecule has 4 aromatic rings. The molecule has 0 saturated carbocycles. The Morgan fingerprint density at radius 2 is 2.07 bits per heavy atom. The van der Waals surface area contributed by atoms with E-state index in [2.05, 4.69) is 42.7 Å². The number of para-hydroxylation sites is 2. The maximum Gasteiger partial charge on any atom is 0.157 e. The fourth-order valence-electron chi connectivity index (χ4n) is 4.24. The zero-order valence-electron chi connectivity index (χ0n) is 16.0. The average Bonchev–Trinajstić information content (AvgIpc) is 3.31. The van der Waals surface area contributed by atoms with Crippen LogP contribution in [0.1, 0.15) is 41.5 Å². The molecule has 1 N–H and O–H groups in total. The second-order valence-corrected chi connectivity index (χ2v) is 7.50. The molecule has 3 aromatic heterocycles. The Morgan fingerprint density at radius 3 is 2.86 bits per heavy atom. The zero-order valence-corrected chi connectivity index (χ0v) is 16.0. The van der Waals surface area contributed by atoms with Crippen LogP contribution in [-0.2, 0) is 0 Å². The molecule has 0 spiro atoms. The van der Waals surface area contributed by atoms with Crippen LogP contribution in [0, 0.1) is 25.2 Å². The standard InChI is InChI=1S/C21H21N7/c1-13-10-19(27-9-5-6-15(12-27)20-23-14(2)25-26-20)28-18-8-4-3-7-17(18)24-21(28)16(13)11-22/h3-4,7-8,10,15H,5-6,9,12H2,1-2H3,(H,23,25,26). The van der Waals surface area contributed by atoms with E-state index in [4.69, 9.17) is 4.98 Å². The van der Waals surface area contributed by atoms with E-state index in [9.17, 15) is 5.26 Å². The predicted octanol–water partition coefficient (Wildman–Crippen LogP) is 3.48. The maximum absolute atomic E-state index is 9.70. The summed E-state index contributed by atoms with van der Waals surface area (Å²) in [6.45, 7) is 5.74. The lowest BCUT2D eigenvalue weighted by molar-refractivity contribution is 0.489. The number of fused-ring (bicyclic) bond motifs is 3. The van der Waals surface area contributed by atoms with E-state index >= 15 is 0 Å². The Labute approximate surface area is 162 Å². The van der Waals surface area contributed by atoms with Gasteiger partial charge in [0.1, 0.15) is 17.7 Å². The number of hydrogen-bond donors (Lipinski definition) is 1. The summed E-state index contributed by atoms with van der Waals surface area (Å²) in [4.78, 5) is 11.7. The summed E-state index contributed by atoms with van der Waals surface area (Å²) in [6, 6.07) is 12.5. The lowest BCUT2D eigenvalue weighted by Crippen LogP contribution is -2.36. The summed E-state index contributed by atoms with van der Waals surface area (Å²) in [5, 5.41) is 17.1. The third-order valence-corrected chi connectivity index (χ3v) is 5.59. The first kappa shape index (κ1) is 16.8. The average molecular weight is 371 g/mol. The molecular weight excluding hydrogens is 350 g/mol. The van der Waals surface area contributed by atoms with E-state index in [1.165, 1.54) is 0 Å². The fourth-order valence-corrected chi connectivity index (χ4v) is 4.24. The molecule has 7 heteroatoms. The number of imidazole rings is 1. The van der Waals surface area contributed by atoms with Crippen LogP contribution in [0.15, 0.2) is 30.3 Å². The van der Waals surface area contributed by atoms with Gasteiger partial charge in [0.25, 0.3) is 0 Å². The molecular formula is C21H21N7. The minimum atomic E-state index is 0.291. The number of aryl methyl sites for hydroxylation is 2. The first-order valence-corrected chi connectivity index (χ1v) is 9.60. The summed E-state index contributed by atoms with van der Waals surface area (Å²) in [7, 11) is 0. The highest BCUT2D eigenvalue weighted by molar-refractivity contribution is 5.85. The molecule has 5 rings (SSSR count). The van der Waals surface area contributed by atoms with Gasteiger partial charge < -0.3 is 4.90 Å². The van der Waals surface area contributed by atoms with Gasteiger partial charge in [-0.1, -0.05) is 12.1 Å². The van der Waals surface area contributed by atoms with Gasteiger partial charge in [0, 0.05) is 19.0 Å². The van der Waals surface area contributed by atoms with Crippen LogP contribution in [0.3, 0.4) is 0 Å². The Balaban J connectivity index is 1.67. The smallest absolute Gasteiger partial charge is 0.157 e. The summed E-state index contributed by atoms with van der Waals surface area (Å²) in [5.41, 5.74) is 4.26. The van der Waals surface area contributed by atoms with Gasteiger partial charge in [0.15, 0.2) is 11.5 Å². The minimum absolute atomic E-state index is 0.291. The van der Waals surface area contributed by atoms with Crippen LogP contribution in [0.4, 0.5) is 5.82 Å². The van der Waals surface area contributed by atoms with Crippen molar-refractivity contribution < 1.29 is 0 Å². The number of piperidine rings is 1. The molecule has 1 fully saturated rings. The number of benzene rings is 1. The topological polar surface area (TPSA) is 85.9 Å². The number of hydrogen-bond acceptors (Lipinski definition) is 5. The van der Waals surface area contributed by atoms with Gasteiger partial charge in [-0.25, -0.2) is 9.97 Å². The maximum atomic E-state index is 9.70. The summed E-state index contributed by atoms with van der Waals surface area (Å²) < 4.78 is 2.13. The van der Waals surface area contributed by atoms with Gasteiger partial charge in [-0.2, -0.15) is 10.4 Å². The summed E-state index contributed by atoms with van der Waals surface area (Å²) in [6.07, 6.45) is 2.16. The SMILES string of the molecule is Cc1nc(C2CCCN(c3cc(C)c(C#N)c4nc5ccccc5n34)C2)n[nH]1. The van der Waals surface area contributed by atoms with Crippen molar-refractivity contribution in [2.75, 3.05) is 18.0 Å². The third kappa shape index (κ3) is 2.53. The van der Waals surface area contributed by atoms with Gasteiger partial charge in [-0.15, -0.1) is 0 Å². The highest BCUT2D eigenvalue weighted by Gasteiger charge is 2.27. The van der Waals surface area contributed by atoms with E-state index in [-0.39, 0.29) is 0 Å². The second kappa shape index (κ2) is 6.34. The van der Waals surface area contributed by atoms with Crippen molar-refractivity contribution >= 4 is 22.5 Å². The normalized spacial score (nSPS) is 17.3. The predicted molar refractivity (Wildman–Crippen MR) is 107 cm³/mol. The largest absolute Gasteiger partial charge is 0.357 e. The number of pyridine rings is 1. The minimum Gasteiger partial charge on any atom is -0.357 e. The van der Waals surface area contributed by atoms with Crippen molar-refractivity contribution in [2.45, 2.75) is 32.6 Å². The molecule has 0 bridgehead atoms. The first-order chi connectivity index (χ1) is 13.7. The molecule has 0 radical (unpaired) electrons. The number of anilines is 1. The van der Waals surface area contributed by atoms with Gasteiger partial charge in [0.2, 0.25) is 0 Å². The van der Waals surface area contributed by atoms with E-state index in [1.54, 1.807) is 0 Å². The van der Waals surface area contributed by atoms with Crippen molar-refractivity contribution in [3.8, 4) is 6.07 Å². The van der Waals surface area contributed by atoms with Gasteiger partial charge in [-0.3, -0.25) is 9.50 Å². The Hall–Kier alpha value is -3.40. The number of nitrogens with zero attached hydrogens (tertiary/aromatic N) is 6. The summed E-state index contributed by atoms with van der Waals surface area (Å²) >= 11 is 0. The van der Waals surface area contributed by atoms with Crippen LogP contribution < -0.4 is 4.90 Å². The molecule has 28 heavy (non-hydrogen) atoms. The van der Waals surface area contributed by atoms with Crippen molar-refractivity contribution in [3.05, 3.63) is 53.1 Å². The molecule has 7 nitrogen and oxygen atoms in total. The number of rotatable bonds is 2. The van der Waals surface area contributed by atoms with Crippen LogP contribution in [0.25, 0.3) is 16.7 Å². The fraction of sp³-hybridized carbons (Fsp3) is 0.333. The Morgan fingerprint density at radius 1 is 1.21 bits per heavy atom. The zero-order chi connectivity index (χ0) is 19.3. The Kier molecular flexibility index (Phi) is 3.79. The molecule has 1 saturated heterocycles. The van der Waals surface area contributed by atoms with Crippen molar-refractivity contribution in [3.63, 3.8) is 0 Å². The Bertz CT molecular complexity index is 1230. The van der Waals surface area contributed by atoms with E-state index in [0.29, 0.717) is 11.5 Å². The number of nitriles is 1. The van der Waals surface area contributed by atoms with Gasteiger partial charge in [-0.05, 0) is 50.5 Å². The molecule has 1 atom stereocenters. The van der Waals surface area contributed by atoms with E-state index in [0.717, 1.165) is 65.6 Å². The highest BCUT2D eigenvalue weighted by atomic mass is 15.3. The first-order valence-electron chi connectivity index (χ1n) is 9.60. The second-order valence-electron chi connectivity index (χ2n) is 7.50. The van der Waals surface area contributed by atoms with Crippen LogP contribution in [0.2, 0.25) is 0 Å². The monoisotopic (exact) mass is 371 g/mol. The highest BCUT2D eigenvalue weighted by Crippen LogP contribution is 2.33. The third-order valence-electron chi connectivity index (χ3n) is 5.59. The van der Waals surface area contributed by atoms with Gasteiger partial charge in [0.05, 0.1) is 16.6 Å². The molecule has 0 amide bonds. The van der Waals surface area contributed by atoms with Crippen molar-refractivity contribution in [1.82, 2.24) is 24.6 Å². The van der Waals surface area contributed by atoms with E-state index < -0.39 is 0 Å². The number of nitrogens with one attached hydrogen (secondary N) is 1. The lowest BCUT2D eigenvalue weighted by Gasteiger charge is -2.34. The van der Waals surface area contributed by atoms with Crippen molar-refractivity contribution in [1.29, 1.82) is 5.26 Å². The van der Waals surface area contributed by atoms with Crippen molar-refractivity contribution in [2.24, 2.45) is 0 Å². The molecule has 0 aliphatic carbocycles. The summed E-state index contributed by atoms with van der Waals surface area (Å²) in [5.74, 6) is 3.11. The quantitative estimate of drug-likeness (QED) is 0.583. The van der Waals surface area contributed by atoms with Crippen LogP contribution >= 0.6 is 0 Å². The number of H-pyrrole nitrogens is 1. The lowest BCUT2D eigenvalue weighted by atomic mass is 9.97. The molecule has 1 aromatic carbocycles. The van der Waals surface area contributed by atoms with Crippen LogP contribution in [-0.4, -0.2) is 37.7 Å². The molecule has 1 unspecified atom stereocenters.